The minimum Gasteiger partial charge on any atom is -0.469 e. The first-order chi connectivity index (χ1) is 8.74. The second kappa shape index (κ2) is 4.44. The quantitative estimate of drug-likeness (QED) is 0.504. The lowest BCUT2D eigenvalue weighted by Gasteiger charge is -2.11. The topological polar surface area (TPSA) is 54.6 Å². The van der Waals surface area contributed by atoms with Crippen LogP contribution in [0.3, 0.4) is 0 Å². The summed E-state index contributed by atoms with van der Waals surface area (Å²) in [5.41, 5.74) is 3.10. The number of rotatable bonds is 3. The number of furan rings is 1. The number of carbonyl (C=O) groups excluding carboxylic acids is 1. The molecule has 1 amide bonds. The summed E-state index contributed by atoms with van der Waals surface area (Å²) in [6.45, 7) is 1.76. The first-order valence-corrected chi connectivity index (χ1v) is 6.30. The molecular weight excluding hydrogens is 228 g/mol. The van der Waals surface area contributed by atoms with E-state index in [0.29, 0.717) is 23.2 Å². The molecule has 0 aliphatic heterocycles. The van der Waals surface area contributed by atoms with Crippen molar-refractivity contribution >= 4 is 12.1 Å². The largest absolute Gasteiger partial charge is 0.469 e. The van der Waals surface area contributed by atoms with Gasteiger partial charge in [-0.05, 0) is 37.7 Å². The van der Waals surface area contributed by atoms with Crippen molar-refractivity contribution in [2.24, 2.45) is 22.9 Å². The smallest absolute Gasteiger partial charge is 0.274 e. The number of hydrogen-bond donors (Lipinski definition) is 1. The number of nitrogens with one attached hydrogen (secondary N) is 1. The predicted molar refractivity (Wildman–Crippen MR) is 68.2 cm³/mol. The second-order valence-corrected chi connectivity index (χ2v) is 5.05. The summed E-state index contributed by atoms with van der Waals surface area (Å²) < 4.78 is 5.08. The normalized spacial score (nSPS) is 29.3. The summed E-state index contributed by atoms with van der Waals surface area (Å²) in [5, 5.41) is 4.07. The van der Waals surface area contributed by atoms with Crippen LogP contribution in [0.15, 0.2) is 34.0 Å². The van der Waals surface area contributed by atoms with Crippen molar-refractivity contribution in [3.05, 3.63) is 35.8 Å². The van der Waals surface area contributed by atoms with Crippen LogP contribution in [0.25, 0.3) is 0 Å². The van der Waals surface area contributed by atoms with Gasteiger partial charge in [0.25, 0.3) is 5.91 Å². The zero-order valence-electron chi connectivity index (χ0n) is 10.3. The Morgan fingerprint density at radius 2 is 2.39 bits per heavy atom. The molecule has 1 aromatic rings. The molecule has 0 saturated heterocycles. The molecule has 1 aromatic heterocycles. The monoisotopic (exact) mass is 244 g/mol. The van der Waals surface area contributed by atoms with Gasteiger partial charge in [-0.15, -0.1) is 0 Å². The predicted octanol–water partition coefficient (Wildman–Crippen LogP) is 2.52. The van der Waals surface area contributed by atoms with Crippen LogP contribution < -0.4 is 5.43 Å². The Hall–Kier alpha value is -1.84. The number of hydrogen-bond acceptors (Lipinski definition) is 3. The lowest BCUT2D eigenvalue weighted by molar-refractivity contribution is 0.0953. The molecule has 1 saturated carbocycles. The molecule has 0 aromatic carbocycles. The highest BCUT2D eigenvalue weighted by molar-refractivity contribution is 5.95. The molecule has 0 unspecified atom stereocenters. The number of aryl methyl sites for hydroxylation is 1. The third-order valence-corrected chi connectivity index (χ3v) is 3.87. The Morgan fingerprint density at radius 3 is 3.00 bits per heavy atom. The van der Waals surface area contributed by atoms with Gasteiger partial charge in [-0.1, -0.05) is 12.2 Å². The van der Waals surface area contributed by atoms with Gasteiger partial charge >= 0.3 is 0 Å². The fourth-order valence-corrected chi connectivity index (χ4v) is 2.87. The van der Waals surface area contributed by atoms with Gasteiger partial charge < -0.3 is 4.42 Å². The summed E-state index contributed by atoms with van der Waals surface area (Å²) in [7, 11) is 0. The van der Waals surface area contributed by atoms with Crippen molar-refractivity contribution in [3.8, 4) is 0 Å². The average molecular weight is 244 g/mol. The van der Waals surface area contributed by atoms with Gasteiger partial charge in [0.05, 0.1) is 11.8 Å². The maximum Gasteiger partial charge on any atom is 0.274 e. The lowest BCUT2D eigenvalue weighted by atomic mass is 9.95. The first-order valence-electron chi connectivity index (χ1n) is 6.30. The van der Waals surface area contributed by atoms with E-state index < -0.39 is 0 Å². The van der Waals surface area contributed by atoms with Crippen LogP contribution in [-0.4, -0.2) is 12.1 Å². The molecule has 3 rings (SSSR count). The second-order valence-electron chi connectivity index (χ2n) is 5.05. The molecule has 0 radical (unpaired) electrons. The van der Waals surface area contributed by atoms with Crippen LogP contribution in [-0.2, 0) is 0 Å². The van der Waals surface area contributed by atoms with E-state index in [1.54, 1.807) is 13.0 Å². The highest BCUT2D eigenvalue weighted by Gasteiger charge is 2.34. The third-order valence-electron chi connectivity index (χ3n) is 3.87. The van der Waals surface area contributed by atoms with E-state index >= 15 is 0 Å². The number of hydrazone groups is 1. The number of carbonyl (C=O) groups is 1. The SMILES string of the molecule is Cc1occc1C(=O)NN=C[C@H]1C[C@H]2C=C[C@H]1C2. The fourth-order valence-electron chi connectivity index (χ4n) is 2.87. The Balaban J connectivity index is 1.57. The number of nitrogens with zero attached hydrogens (tertiary/aromatic N) is 1. The summed E-state index contributed by atoms with van der Waals surface area (Å²) in [6, 6.07) is 1.65. The maximum atomic E-state index is 11.8. The van der Waals surface area contributed by atoms with Crippen LogP contribution >= 0.6 is 0 Å². The molecule has 1 N–H and O–H groups in total. The Morgan fingerprint density at radius 1 is 1.50 bits per heavy atom. The molecule has 0 spiro atoms. The minimum atomic E-state index is -0.212. The van der Waals surface area contributed by atoms with Crippen LogP contribution in [0.5, 0.6) is 0 Å². The van der Waals surface area contributed by atoms with Gasteiger partial charge in [0.1, 0.15) is 5.76 Å². The van der Waals surface area contributed by atoms with Gasteiger partial charge in [-0.2, -0.15) is 5.10 Å². The van der Waals surface area contributed by atoms with Crippen LogP contribution in [0.1, 0.15) is 29.0 Å². The van der Waals surface area contributed by atoms with Crippen molar-refractivity contribution in [3.63, 3.8) is 0 Å². The standard InChI is InChI=1S/C14H16N2O2/c1-9-13(4-5-18-9)14(17)16-15-8-12-7-10-2-3-11(12)6-10/h2-5,8,10-12H,6-7H2,1H3,(H,16,17)/t10-,11-,12+/m0/s1. The van der Waals surface area contributed by atoms with E-state index in [-0.39, 0.29) is 5.91 Å². The minimum absolute atomic E-state index is 0.212. The van der Waals surface area contributed by atoms with Gasteiger partial charge in [-0.3, -0.25) is 4.79 Å². The van der Waals surface area contributed by atoms with E-state index in [1.165, 1.54) is 12.7 Å². The molecule has 2 aliphatic carbocycles. The van der Waals surface area contributed by atoms with Crippen LogP contribution in [0.2, 0.25) is 0 Å². The van der Waals surface area contributed by atoms with Gasteiger partial charge in [0.15, 0.2) is 0 Å². The number of amides is 1. The van der Waals surface area contributed by atoms with Gasteiger partial charge in [0, 0.05) is 12.1 Å². The summed E-state index contributed by atoms with van der Waals surface area (Å²) in [4.78, 5) is 11.8. The zero-order valence-corrected chi connectivity index (χ0v) is 10.3. The highest BCUT2D eigenvalue weighted by atomic mass is 16.3. The molecule has 18 heavy (non-hydrogen) atoms. The van der Waals surface area contributed by atoms with Crippen LogP contribution in [0.4, 0.5) is 0 Å². The Kier molecular flexibility index (Phi) is 2.78. The van der Waals surface area contributed by atoms with E-state index in [2.05, 4.69) is 22.7 Å². The zero-order chi connectivity index (χ0) is 12.5. The highest BCUT2D eigenvalue weighted by Crippen LogP contribution is 2.42. The Bertz CT molecular complexity index is 516. The van der Waals surface area contributed by atoms with E-state index in [4.69, 9.17) is 4.42 Å². The van der Waals surface area contributed by atoms with Crippen molar-refractivity contribution < 1.29 is 9.21 Å². The molecular formula is C14H16N2O2. The van der Waals surface area contributed by atoms with Gasteiger partial charge in [-0.25, -0.2) is 5.43 Å². The van der Waals surface area contributed by atoms with Gasteiger partial charge in [0.2, 0.25) is 0 Å². The summed E-state index contributed by atoms with van der Waals surface area (Å²) in [5.74, 6) is 2.22. The molecule has 4 heteroatoms. The maximum absolute atomic E-state index is 11.8. The number of fused-ring (bicyclic) bond motifs is 2. The molecule has 94 valence electrons. The first kappa shape index (κ1) is 11.3. The molecule has 2 aliphatic rings. The third kappa shape index (κ3) is 1.98. The molecule has 3 atom stereocenters. The van der Waals surface area contributed by atoms with E-state index in [1.807, 2.05) is 6.21 Å². The molecule has 1 fully saturated rings. The van der Waals surface area contributed by atoms with Crippen molar-refractivity contribution in [1.82, 2.24) is 5.43 Å². The Labute approximate surface area is 106 Å². The molecule has 2 bridgehead atoms. The van der Waals surface area contributed by atoms with Crippen molar-refractivity contribution in [2.45, 2.75) is 19.8 Å². The van der Waals surface area contributed by atoms with Crippen molar-refractivity contribution in [1.29, 1.82) is 0 Å². The molecule has 1 heterocycles. The van der Waals surface area contributed by atoms with E-state index in [9.17, 15) is 4.79 Å². The average Bonchev–Trinajstić information content (AvgIpc) is 3.04. The van der Waals surface area contributed by atoms with Crippen LogP contribution in [0, 0.1) is 24.7 Å². The lowest BCUT2D eigenvalue weighted by Crippen LogP contribution is -2.19. The summed E-state index contributed by atoms with van der Waals surface area (Å²) >= 11 is 0. The fraction of sp³-hybridized carbons (Fsp3) is 0.429. The molecule has 4 nitrogen and oxygen atoms in total. The van der Waals surface area contributed by atoms with Crippen molar-refractivity contribution in [2.75, 3.05) is 0 Å². The summed E-state index contributed by atoms with van der Waals surface area (Å²) in [6.07, 6.45) is 10.3. The van der Waals surface area contributed by atoms with E-state index in [0.717, 1.165) is 12.3 Å². The number of allylic oxidation sites excluding steroid dienone is 2.